The van der Waals surface area contributed by atoms with E-state index in [4.69, 9.17) is 22.1 Å². The Labute approximate surface area is 130 Å². The second kappa shape index (κ2) is 4.81. The summed E-state index contributed by atoms with van der Waals surface area (Å²) in [6.07, 6.45) is 2.01. The Morgan fingerprint density at radius 3 is 2.71 bits per heavy atom. The predicted molar refractivity (Wildman–Crippen MR) is 82.3 cm³/mol. The van der Waals surface area contributed by atoms with Gasteiger partial charge in [-0.25, -0.2) is 4.98 Å². The highest BCUT2D eigenvalue weighted by Gasteiger charge is 2.54. The molecule has 0 radical (unpaired) electrons. The first-order valence-electron chi connectivity index (χ1n) is 7.63. The number of hydrogen-bond acceptors (Lipinski definition) is 5. The SMILES string of the molecule is Cc1nc(N2CC3(CN4CCC3CC4)OC2N)ccc1Cl. The van der Waals surface area contributed by atoms with E-state index in [0.717, 1.165) is 24.6 Å². The quantitative estimate of drug-likeness (QED) is 0.854. The van der Waals surface area contributed by atoms with Gasteiger partial charge in [-0.3, -0.25) is 5.73 Å². The van der Waals surface area contributed by atoms with Crippen molar-refractivity contribution in [3.05, 3.63) is 22.8 Å². The number of anilines is 1. The lowest BCUT2D eigenvalue weighted by Crippen LogP contribution is -2.61. The smallest absolute Gasteiger partial charge is 0.186 e. The van der Waals surface area contributed by atoms with Gasteiger partial charge in [0.25, 0.3) is 0 Å². The van der Waals surface area contributed by atoms with Gasteiger partial charge in [0.15, 0.2) is 6.35 Å². The lowest BCUT2D eigenvalue weighted by molar-refractivity contribution is -0.137. The highest BCUT2D eigenvalue weighted by molar-refractivity contribution is 6.31. The Hall–Kier alpha value is -0.880. The zero-order valence-electron chi connectivity index (χ0n) is 12.3. The number of piperidine rings is 3. The van der Waals surface area contributed by atoms with Crippen molar-refractivity contribution in [1.82, 2.24) is 9.88 Å². The van der Waals surface area contributed by atoms with Crippen LogP contribution < -0.4 is 10.6 Å². The van der Waals surface area contributed by atoms with Crippen molar-refractivity contribution in [1.29, 1.82) is 0 Å². The number of nitrogens with two attached hydrogens (primary N) is 1. The number of halogens is 1. The summed E-state index contributed by atoms with van der Waals surface area (Å²) in [6.45, 7) is 6.13. The minimum absolute atomic E-state index is 0.120. The van der Waals surface area contributed by atoms with Gasteiger partial charge in [-0.1, -0.05) is 11.6 Å². The number of aromatic nitrogens is 1. The van der Waals surface area contributed by atoms with Gasteiger partial charge in [0.2, 0.25) is 0 Å². The number of hydrogen-bond donors (Lipinski definition) is 1. The fourth-order valence-electron chi connectivity index (χ4n) is 4.06. The van der Waals surface area contributed by atoms with Crippen LogP contribution in [0.15, 0.2) is 12.1 Å². The van der Waals surface area contributed by atoms with Crippen LogP contribution in [0.5, 0.6) is 0 Å². The molecule has 2 atom stereocenters. The fourth-order valence-corrected chi connectivity index (χ4v) is 4.16. The second-order valence-corrected chi connectivity index (χ2v) is 6.90. The Morgan fingerprint density at radius 2 is 2.10 bits per heavy atom. The number of ether oxygens (including phenoxy) is 1. The zero-order valence-corrected chi connectivity index (χ0v) is 13.0. The van der Waals surface area contributed by atoms with Gasteiger partial charge in [0.1, 0.15) is 11.4 Å². The first kappa shape index (κ1) is 13.8. The highest BCUT2D eigenvalue weighted by atomic mass is 35.5. The first-order chi connectivity index (χ1) is 10.1. The molecule has 1 aromatic rings. The summed E-state index contributed by atoms with van der Waals surface area (Å²) < 4.78 is 6.25. The number of rotatable bonds is 1. The number of aryl methyl sites for hydroxylation is 1. The van der Waals surface area contributed by atoms with E-state index in [-0.39, 0.29) is 5.60 Å². The molecule has 0 amide bonds. The van der Waals surface area contributed by atoms with Gasteiger partial charge in [0, 0.05) is 6.54 Å². The van der Waals surface area contributed by atoms with Gasteiger partial charge >= 0.3 is 0 Å². The molecule has 0 aliphatic carbocycles. The molecule has 2 bridgehead atoms. The summed E-state index contributed by atoms with van der Waals surface area (Å²) in [7, 11) is 0. The van der Waals surface area contributed by atoms with Crippen molar-refractivity contribution in [2.75, 3.05) is 31.1 Å². The molecular weight excluding hydrogens is 288 g/mol. The molecule has 4 aliphatic heterocycles. The van der Waals surface area contributed by atoms with E-state index < -0.39 is 6.35 Å². The third kappa shape index (κ3) is 2.14. The van der Waals surface area contributed by atoms with Gasteiger partial charge in [-0.2, -0.15) is 0 Å². The van der Waals surface area contributed by atoms with E-state index in [1.165, 1.54) is 25.9 Å². The van der Waals surface area contributed by atoms with Crippen molar-refractivity contribution in [2.24, 2.45) is 11.7 Å². The summed E-state index contributed by atoms with van der Waals surface area (Å²) in [4.78, 5) is 9.14. The minimum Gasteiger partial charge on any atom is -0.335 e. The van der Waals surface area contributed by atoms with Crippen molar-refractivity contribution < 1.29 is 4.74 Å². The van der Waals surface area contributed by atoms with Crippen LogP contribution in [-0.4, -0.2) is 48.0 Å². The summed E-state index contributed by atoms with van der Waals surface area (Å²) >= 11 is 6.07. The maximum absolute atomic E-state index is 6.25. The van der Waals surface area contributed by atoms with Crippen LogP contribution in [-0.2, 0) is 4.74 Å². The predicted octanol–water partition coefficient (Wildman–Crippen LogP) is 1.59. The Morgan fingerprint density at radius 1 is 1.33 bits per heavy atom. The van der Waals surface area contributed by atoms with Crippen LogP contribution in [0.25, 0.3) is 0 Å². The van der Waals surface area contributed by atoms with E-state index in [2.05, 4.69) is 14.8 Å². The molecule has 1 aromatic heterocycles. The molecule has 0 saturated carbocycles. The molecule has 4 aliphatic rings. The van der Waals surface area contributed by atoms with Gasteiger partial charge in [-0.15, -0.1) is 0 Å². The normalized spacial score (nSPS) is 38.4. The molecule has 114 valence electrons. The molecule has 1 spiro atoms. The Kier molecular flexibility index (Phi) is 3.15. The van der Waals surface area contributed by atoms with E-state index in [0.29, 0.717) is 10.9 Å². The van der Waals surface area contributed by atoms with Gasteiger partial charge in [-0.05, 0) is 50.9 Å². The molecule has 0 aromatic carbocycles. The van der Waals surface area contributed by atoms with Crippen molar-refractivity contribution in [2.45, 2.75) is 31.7 Å². The summed E-state index contributed by atoms with van der Waals surface area (Å²) in [5, 5.41) is 0.685. The largest absolute Gasteiger partial charge is 0.335 e. The summed E-state index contributed by atoms with van der Waals surface area (Å²) in [6, 6.07) is 3.81. The van der Waals surface area contributed by atoms with Gasteiger partial charge < -0.3 is 14.5 Å². The molecule has 2 unspecified atom stereocenters. The molecule has 21 heavy (non-hydrogen) atoms. The van der Waals surface area contributed by atoms with Crippen LogP contribution in [0.3, 0.4) is 0 Å². The zero-order chi connectivity index (χ0) is 14.6. The average molecular weight is 309 g/mol. The maximum atomic E-state index is 6.25. The first-order valence-corrected chi connectivity index (χ1v) is 8.01. The van der Waals surface area contributed by atoms with E-state index in [9.17, 15) is 0 Å². The molecule has 5 nitrogen and oxygen atoms in total. The highest BCUT2D eigenvalue weighted by Crippen LogP contribution is 2.43. The monoisotopic (exact) mass is 308 g/mol. The average Bonchev–Trinajstić information content (AvgIpc) is 2.79. The van der Waals surface area contributed by atoms with E-state index in [1.54, 1.807) is 0 Å². The molecule has 6 heteroatoms. The van der Waals surface area contributed by atoms with Crippen LogP contribution in [0.4, 0.5) is 5.82 Å². The summed E-state index contributed by atoms with van der Waals surface area (Å²) in [5.74, 6) is 1.48. The number of nitrogens with zero attached hydrogens (tertiary/aromatic N) is 3. The topological polar surface area (TPSA) is 54.6 Å². The minimum atomic E-state index is -0.418. The fraction of sp³-hybridized carbons (Fsp3) is 0.667. The van der Waals surface area contributed by atoms with Crippen molar-refractivity contribution >= 4 is 17.4 Å². The van der Waals surface area contributed by atoms with Crippen molar-refractivity contribution in [3.8, 4) is 0 Å². The van der Waals surface area contributed by atoms with Crippen molar-refractivity contribution in [3.63, 3.8) is 0 Å². The molecule has 4 saturated heterocycles. The molecule has 2 N–H and O–H groups in total. The lowest BCUT2D eigenvalue weighted by atomic mass is 9.75. The summed E-state index contributed by atoms with van der Waals surface area (Å²) in [5.41, 5.74) is 6.96. The molecular formula is C15H21ClN4O. The Bertz CT molecular complexity index is 561. The lowest BCUT2D eigenvalue weighted by Gasteiger charge is -2.50. The molecule has 4 fully saturated rings. The van der Waals surface area contributed by atoms with Gasteiger partial charge in [0.05, 0.1) is 17.3 Å². The maximum Gasteiger partial charge on any atom is 0.186 e. The number of fused-ring (bicyclic) bond motifs is 2. The molecule has 5 rings (SSSR count). The van der Waals surface area contributed by atoms with E-state index in [1.807, 2.05) is 19.1 Å². The van der Waals surface area contributed by atoms with Crippen LogP contribution >= 0.6 is 11.6 Å². The Balaban J connectivity index is 1.62. The van der Waals surface area contributed by atoms with Crippen LogP contribution in [0.1, 0.15) is 18.5 Å². The standard InChI is InChI=1S/C15H21ClN4O/c1-10-12(16)2-3-13(18-10)20-9-15(21-14(20)17)8-19-6-4-11(15)5-7-19/h2-3,11,14H,4-9,17H2,1H3. The second-order valence-electron chi connectivity index (χ2n) is 6.49. The third-order valence-electron chi connectivity index (χ3n) is 5.22. The number of pyridine rings is 1. The van der Waals surface area contributed by atoms with Crippen LogP contribution in [0.2, 0.25) is 5.02 Å². The third-order valence-corrected chi connectivity index (χ3v) is 5.62. The van der Waals surface area contributed by atoms with Crippen LogP contribution in [0, 0.1) is 12.8 Å². The van der Waals surface area contributed by atoms with E-state index >= 15 is 0 Å². The molecule has 5 heterocycles.